The van der Waals surface area contributed by atoms with Gasteiger partial charge in [-0.1, -0.05) is 20.8 Å². The molecule has 4 saturated carbocycles. The van der Waals surface area contributed by atoms with Crippen LogP contribution in [0.1, 0.15) is 85.0 Å². The van der Waals surface area contributed by atoms with Crippen LogP contribution in [-0.2, 0) is 14.4 Å². The van der Waals surface area contributed by atoms with Gasteiger partial charge in [-0.15, -0.1) is 0 Å². The Labute approximate surface area is 168 Å². The minimum Gasteiger partial charge on any atom is -0.481 e. The molecular weight excluding hydrogens is 352 g/mol. The number of hydrogen-bond donors (Lipinski definition) is 1. The van der Waals surface area contributed by atoms with E-state index in [0.717, 1.165) is 38.5 Å². The normalized spacial score (nSPS) is 46.5. The van der Waals surface area contributed by atoms with Crippen molar-refractivity contribution in [1.29, 1.82) is 0 Å². The maximum Gasteiger partial charge on any atom is 0.303 e. The highest BCUT2D eigenvalue weighted by atomic mass is 16.4. The summed E-state index contributed by atoms with van der Waals surface area (Å²) in [5, 5.41) is 9.08. The van der Waals surface area contributed by atoms with Crippen molar-refractivity contribution < 1.29 is 19.5 Å². The van der Waals surface area contributed by atoms with E-state index in [2.05, 4.69) is 20.8 Å². The lowest BCUT2D eigenvalue weighted by molar-refractivity contribution is -0.159. The van der Waals surface area contributed by atoms with Gasteiger partial charge in [-0.2, -0.15) is 0 Å². The summed E-state index contributed by atoms with van der Waals surface area (Å²) in [7, 11) is 0. The number of Topliss-reactive ketones (excluding diaryl/α,β-unsaturated/α-hetero) is 2. The average molecular weight is 389 g/mol. The quantitative estimate of drug-likeness (QED) is 0.744. The van der Waals surface area contributed by atoms with Crippen molar-refractivity contribution in [2.45, 2.75) is 85.0 Å². The van der Waals surface area contributed by atoms with Gasteiger partial charge in [-0.3, -0.25) is 14.4 Å². The Morgan fingerprint density at radius 3 is 2.50 bits per heavy atom. The van der Waals surface area contributed by atoms with E-state index in [1.807, 2.05) is 0 Å². The average Bonchev–Trinajstić information content (AvgIpc) is 2.98. The number of carbonyl (C=O) groups is 3. The van der Waals surface area contributed by atoms with Gasteiger partial charge < -0.3 is 5.11 Å². The number of carboxylic acid groups (broad SMARTS) is 1. The fourth-order valence-corrected chi connectivity index (χ4v) is 8.25. The molecule has 0 heterocycles. The zero-order chi connectivity index (χ0) is 20.3. The summed E-state index contributed by atoms with van der Waals surface area (Å²) < 4.78 is 0. The van der Waals surface area contributed by atoms with Gasteiger partial charge in [0.25, 0.3) is 0 Å². The van der Waals surface area contributed by atoms with Crippen LogP contribution in [0.3, 0.4) is 0 Å². The molecule has 156 valence electrons. The number of carboxylic acids is 1. The number of rotatable bonds is 4. The molecule has 3 unspecified atom stereocenters. The molecule has 0 aromatic carbocycles. The van der Waals surface area contributed by atoms with Gasteiger partial charge in [-0.05, 0) is 78.9 Å². The lowest BCUT2D eigenvalue weighted by atomic mass is 9.44. The molecule has 0 amide bonds. The van der Waals surface area contributed by atoms with E-state index in [1.54, 1.807) is 0 Å². The third-order valence-electron chi connectivity index (χ3n) is 9.86. The fraction of sp³-hybridized carbons (Fsp3) is 0.875. The molecule has 0 spiro atoms. The van der Waals surface area contributed by atoms with Crippen LogP contribution in [0.15, 0.2) is 0 Å². The summed E-state index contributed by atoms with van der Waals surface area (Å²) in [5.41, 5.74) is 0.323. The van der Waals surface area contributed by atoms with Crippen molar-refractivity contribution in [3.05, 3.63) is 0 Å². The molecule has 4 aliphatic carbocycles. The van der Waals surface area contributed by atoms with Crippen LogP contribution in [0.25, 0.3) is 0 Å². The first kappa shape index (κ1) is 20.1. The van der Waals surface area contributed by atoms with Crippen LogP contribution in [0, 0.1) is 46.3 Å². The van der Waals surface area contributed by atoms with Crippen LogP contribution in [0.2, 0.25) is 0 Å². The molecule has 4 nitrogen and oxygen atoms in total. The van der Waals surface area contributed by atoms with Gasteiger partial charge >= 0.3 is 5.97 Å². The lowest BCUT2D eigenvalue weighted by Crippen LogP contribution is -2.57. The summed E-state index contributed by atoms with van der Waals surface area (Å²) in [6, 6.07) is 0. The van der Waals surface area contributed by atoms with Crippen LogP contribution >= 0.6 is 0 Å². The number of carbonyl (C=O) groups excluding carboxylic acids is 2. The molecule has 4 aliphatic rings. The monoisotopic (exact) mass is 388 g/mol. The summed E-state index contributed by atoms with van der Waals surface area (Å²) >= 11 is 0. The summed E-state index contributed by atoms with van der Waals surface area (Å²) in [6.45, 7) is 6.99. The molecule has 28 heavy (non-hydrogen) atoms. The predicted molar refractivity (Wildman–Crippen MR) is 107 cm³/mol. The number of ketones is 2. The highest BCUT2D eigenvalue weighted by Crippen LogP contribution is 2.67. The molecule has 0 aromatic rings. The molecule has 4 heteroatoms. The molecule has 0 saturated heterocycles. The van der Waals surface area contributed by atoms with Crippen molar-refractivity contribution in [1.82, 2.24) is 0 Å². The van der Waals surface area contributed by atoms with E-state index in [-0.39, 0.29) is 29.1 Å². The van der Waals surface area contributed by atoms with Crippen LogP contribution in [0.5, 0.6) is 0 Å². The van der Waals surface area contributed by atoms with E-state index in [1.165, 1.54) is 0 Å². The molecule has 4 rings (SSSR count). The maximum atomic E-state index is 13.3. The van der Waals surface area contributed by atoms with E-state index in [9.17, 15) is 14.4 Å². The van der Waals surface area contributed by atoms with Crippen LogP contribution < -0.4 is 0 Å². The second-order valence-electron chi connectivity index (χ2n) is 11.0. The Morgan fingerprint density at radius 1 is 1.07 bits per heavy atom. The summed E-state index contributed by atoms with van der Waals surface area (Å²) in [5.74, 6) is 2.33. The zero-order valence-electron chi connectivity index (χ0n) is 17.7. The fourth-order valence-electron chi connectivity index (χ4n) is 8.25. The molecule has 8 atom stereocenters. The van der Waals surface area contributed by atoms with Crippen molar-refractivity contribution in [3.63, 3.8) is 0 Å². The van der Waals surface area contributed by atoms with Crippen molar-refractivity contribution in [2.75, 3.05) is 0 Å². The van der Waals surface area contributed by atoms with Crippen LogP contribution in [0.4, 0.5) is 0 Å². The van der Waals surface area contributed by atoms with Gasteiger partial charge in [-0.25, -0.2) is 0 Å². The Bertz CT molecular complexity index is 684. The maximum absolute atomic E-state index is 13.3. The van der Waals surface area contributed by atoms with E-state index in [0.29, 0.717) is 54.5 Å². The molecule has 0 bridgehead atoms. The second-order valence-corrected chi connectivity index (χ2v) is 11.0. The standard InChI is InChI=1S/C24H36O4/c1-14(4-7-21(27)28)17-5-6-18-22-19(9-11-24(17,18)3)23(2)10-8-16(25)12-15(23)13-20(22)26/h14-15,17-19,22H,4-13H2,1-3H3,(H,27,28)/t14-,15+,17-,18?,19?,22?,23+,24-/m1/s1. The predicted octanol–water partition coefficient (Wildman–Crippen LogP) is 4.89. The number of hydrogen-bond acceptors (Lipinski definition) is 3. The number of aliphatic carboxylic acids is 1. The smallest absolute Gasteiger partial charge is 0.303 e. The Kier molecular flexibility index (Phi) is 4.99. The van der Waals surface area contributed by atoms with Crippen molar-refractivity contribution in [3.8, 4) is 0 Å². The molecule has 0 aliphatic heterocycles. The van der Waals surface area contributed by atoms with Gasteiger partial charge in [0.2, 0.25) is 0 Å². The van der Waals surface area contributed by atoms with Gasteiger partial charge in [0.05, 0.1) is 0 Å². The molecule has 0 aromatic heterocycles. The van der Waals surface area contributed by atoms with Gasteiger partial charge in [0, 0.05) is 31.6 Å². The third kappa shape index (κ3) is 2.97. The first-order chi connectivity index (χ1) is 13.2. The van der Waals surface area contributed by atoms with Crippen molar-refractivity contribution in [2.24, 2.45) is 46.3 Å². The summed E-state index contributed by atoms with van der Waals surface area (Å²) in [6.07, 6.45) is 8.38. The minimum absolute atomic E-state index is 0.154. The molecule has 1 N–H and O–H groups in total. The topological polar surface area (TPSA) is 71.4 Å². The third-order valence-corrected chi connectivity index (χ3v) is 9.86. The lowest BCUT2D eigenvalue weighted by Gasteiger charge is -2.59. The SMILES string of the molecule is C[C@H](CCC(=O)O)[C@H]1CCC2C3C(=O)C[C@@H]4CC(=O)CC[C@]4(C)C3CC[C@@]21C. The second kappa shape index (κ2) is 6.95. The molecular formula is C24H36O4. The molecule has 4 fully saturated rings. The van der Waals surface area contributed by atoms with E-state index in [4.69, 9.17) is 5.11 Å². The largest absolute Gasteiger partial charge is 0.481 e. The molecule has 0 radical (unpaired) electrons. The van der Waals surface area contributed by atoms with Crippen molar-refractivity contribution >= 4 is 17.5 Å². The highest BCUT2D eigenvalue weighted by molar-refractivity contribution is 5.86. The van der Waals surface area contributed by atoms with Gasteiger partial charge in [0.15, 0.2) is 0 Å². The first-order valence-electron chi connectivity index (χ1n) is 11.4. The minimum atomic E-state index is -0.705. The number of fused-ring (bicyclic) bond motifs is 5. The summed E-state index contributed by atoms with van der Waals surface area (Å²) in [4.78, 5) is 36.4. The van der Waals surface area contributed by atoms with Gasteiger partial charge in [0.1, 0.15) is 11.6 Å². The highest BCUT2D eigenvalue weighted by Gasteiger charge is 2.63. The Morgan fingerprint density at radius 2 is 1.79 bits per heavy atom. The van der Waals surface area contributed by atoms with E-state index < -0.39 is 5.97 Å². The Hall–Kier alpha value is -1.19. The van der Waals surface area contributed by atoms with E-state index >= 15 is 0 Å². The Balaban J connectivity index is 1.57. The van der Waals surface area contributed by atoms with Crippen LogP contribution in [-0.4, -0.2) is 22.6 Å². The zero-order valence-corrected chi connectivity index (χ0v) is 17.7. The first-order valence-corrected chi connectivity index (χ1v) is 11.4.